The van der Waals surface area contributed by atoms with Gasteiger partial charge in [0, 0.05) is 0 Å². The van der Waals surface area contributed by atoms with Gasteiger partial charge in [-0.3, -0.25) is 0 Å². The number of rotatable bonds is 0. The van der Waals surface area contributed by atoms with Crippen LogP contribution in [0.4, 0.5) is 0 Å². The quantitative estimate of drug-likeness (QED) is 0.403. The van der Waals surface area contributed by atoms with Crippen molar-refractivity contribution < 1.29 is 14.3 Å². The number of carbonyl (C=O) groups is 1. The van der Waals surface area contributed by atoms with E-state index in [0.717, 1.165) is 0 Å². The van der Waals surface area contributed by atoms with Gasteiger partial charge >= 0.3 is 5.97 Å². The summed E-state index contributed by atoms with van der Waals surface area (Å²) in [6, 6.07) is 0. The highest BCUT2D eigenvalue weighted by molar-refractivity contribution is 5.81. The zero-order valence-electron chi connectivity index (χ0n) is 3.59. The van der Waals surface area contributed by atoms with E-state index < -0.39 is 0 Å². The predicted octanol–water partition coefficient (Wildman–Crippen LogP) is 0.0310. The largest absolute Gasteiger partial charge is 0.465 e. The Labute approximate surface area is 40.5 Å². The summed E-state index contributed by atoms with van der Waals surface area (Å²) in [6.07, 6.45) is 2.54. The van der Waals surface area contributed by atoms with Gasteiger partial charge in [-0.05, 0) is 0 Å². The van der Waals surface area contributed by atoms with Crippen LogP contribution in [0.5, 0.6) is 0 Å². The summed E-state index contributed by atoms with van der Waals surface area (Å²) < 4.78 is 8.85. The van der Waals surface area contributed by atoms with Crippen molar-refractivity contribution in [2.45, 2.75) is 0 Å². The lowest BCUT2D eigenvalue weighted by Gasteiger charge is -2.04. The Hall–Kier alpha value is -0.990. The summed E-state index contributed by atoms with van der Waals surface area (Å²) >= 11 is 0. The van der Waals surface area contributed by atoms with Gasteiger partial charge in [0.05, 0.1) is 12.3 Å². The standard InChI is InChI=1S/C4H4O3/c5-4-1-2-6-3-7-4/h1-2H,3H2. The van der Waals surface area contributed by atoms with Gasteiger partial charge in [0.25, 0.3) is 0 Å². The number of esters is 1. The predicted molar refractivity (Wildman–Crippen MR) is 21.2 cm³/mol. The molecule has 0 amide bonds. The summed E-state index contributed by atoms with van der Waals surface area (Å²) in [5.41, 5.74) is 0. The third-order valence-corrected chi connectivity index (χ3v) is 0.570. The molecule has 1 aliphatic rings. The first-order valence-corrected chi connectivity index (χ1v) is 1.84. The third-order valence-electron chi connectivity index (χ3n) is 0.570. The average molecular weight is 100 g/mol. The molecular formula is C4H4O3. The molecule has 1 heterocycles. The summed E-state index contributed by atoms with van der Waals surface area (Å²) in [4.78, 5) is 10.1. The van der Waals surface area contributed by atoms with Crippen LogP contribution in [-0.2, 0) is 14.3 Å². The van der Waals surface area contributed by atoms with E-state index in [1.54, 1.807) is 0 Å². The minimum absolute atomic E-state index is 0.0509. The molecule has 7 heavy (non-hydrogen) atoms. The smallest absolute Gasteiger partial charge is 0.336 e. The second kappa shape index (κ2) is 1.64. The van der Waals surface area contributed by atoms with Crippen LogP contribution in [0.3, 0.4) is 0 Å². The Morgan fingerprint density at radius 2 is 2.57 bits per heavy atom. The summed E-state index contributed by atoms with van der Waals surface area (Å²) in [7, 11) is 0. The van der Waals surface area contributed by atoms with Crippen molar-refractivity contribution >= 4 is 5.97 Å². The van der Waals surface area contributed by atoms with E-state index >= 15 is 0 Å². The van der Waals surface area contributed by atoms with Crippen LogP contribution in [0.15, 0.2) is 12.3 Å². The molecule has 0 N–H and O–H groups in total. The van der Waals surface area contributed by atoms with E-state index in [1.807, 2.05) is 0 Å². The van der Waals surface area contributed by atoms with Crippen LogP contribution in [0.25, 0.3) is 0 Å². The second-order valence-electron chi connectivity index (χ2n) is 1.05. The summed E-state index contributed by atoms with van der Waals surface area (Å²) in [5, 5.41) is 0. The molecule has 0 bridgehead atoms. The molecule has 3 nitrogen and oxygen atoms in total. The van der Waals surface area contributed by atoms with Crippen molar-refractivity contribution in [2.24, 2.45) is 0 Å². The zero-order chi connectivity index (χ0) is 5.11. The van der Waals surface area contributed by atoms with Crippen LogP contribution in [0.2, 0.25) is 0 Å². The van der Waals surface area contributed by atoms with E-state index in [4.69, 9.17) is 0 Å². The molecule has 0 atom stereocenters. The first-order chi connectivity index (χ1) is 3.39. The fraction of sp³-hybridized carbons (Fsp3) is 0.250. The van der Waals surface area contributed by atoms with Gasteiger partial charge in [-0.1, -0.05) is 0 Å². The monoisotopic (exact) mass is 100 g/mol. The third kappa shape index (κ3) is 0.924. The molecule has 0 aromatic carbocycles. The van der Waals surface area contributed by atoms with Crippen molar-refractivity contribution in [1.82, 2.24) is 0 Å². The molecule has 0 aromatic heterocycles. The maximum absolute atomic E-state index is 10.1. The van der Waals surface area contributed by atoms with Crippen LogP contribution in [0.1, 0.15) is 0 Å². The van der Waals surface area contributed by atoms with Crippen LogP contribution < -0.4 is 0 Å². The normalized spacial score (nSPS) is 18.0. The lowest BCUT2D eigenvalue weighted by atomic mass is 10.6. The van der Waals surface area contributed by atoms with E-state index in [9.17, 15) is 4.79 Å². The SMILES string of the molecule is O=C1C=COCO1. The lowest BCUT2D eigenvalue weighted by molar-refractivity contribution is -0.149. The molecule has 0 saturated carbocycles. The number of hydrogen-bond acceptors (Lipinski definition) is 3. The topological polar surface area (TPSA) is 35.5 Å². The maximum Gasteiger partial charge on any atom is 0.336 e. The highest BCUT2D eigenvalue weighted by Crippen LogP contribution is 1.90. The van der Waals surface area contributed by atoms with Gasteiger partial charge < -0.3 is 9.47 Å². The highest BCUT2D eigenvalue weighted by atomic mass is 16.7. The molecule has 0 unspecified atom stereocenters. The summed E-state index contributed by atoms with van der Waals surface area (Å²) in [5.74, 6) is -0.341. The molecule has 0 fully saturated rings. The van der Waals surface area contributed by atoms with Crippen molar-refractivity contribution in [3.63, 3.8) is 0 Å². The molecule has 0 aliphatic carbocycles. The summed E-state index contributed by atoms with van der Waals surface area (Å²) in [6.45, 7) is 0.0509. The molecule has 0 saturated heterocycles. The van der Waals surface area contributed by atoms with Crippen molar-refractivity contribution in [2.75, 3.05) is 6.79 Å². The Bertz CT molecular complexity index is 106. The van der Waals surface area contributed by atoms with Gasteiger partial charge in [0.1, 0.15) is 0 Å². The molecule has 0 aromatic rings. The highest BCUT2D eigenvalue weighted by Gasteiger charge is 1.98. The minimum atomic E-state index is -0.341. The Kier molecular flexibility index (Phi) is 0.978. The fourth-order valence-electron chi connectivity index (χ4n) is 0.283. The fourth-order valence-corrected chi connectivity index (χ4v) is 0.283. The number of ether oxygens (including phenoxy) is 2. The molecule has 0 radical (unpaired) electrons. The Morgan fingerprint density at radius 1 is 1.71 bits per heavy atom. The van der Waals surface area contributed by atoms with E-state index in [0.29, 0.717) is 0 Å². The van der Waals surface area contributed by atoms with E-state index in [-0.39, 0.29) is 12.8 Å². The minimum Gasteiger partial charge on any atom is -0.465 e. The molecule has 1 aliphatic heterocycles. The Morgan fingerprint density at radius 3 is 2.86 bits per heavy atom. The Balaban J connectivity index is 2.51. The lowest BCUT2D eigenvalue weighted by Crippen LogP contribution is -2.07. The maximum atomic E-state index is 10.1. The van der Waals surface area contributed by atoms with Gasteiger partial charge in [0.15, 0.2) is 0 Å². The van der Waals surface area contributed by atoms with Crippen molar-refractivity contribution in [3.8, 4) is 0 Å². The number of carbonyl (C=O) groups excluding carboxylic acids is 1. The van der Waals surface area contributed by atoms with Crippen LogP contribution in [0, 0.1) is 0 Å². The van der Waals surface area contributed by atoms with Gasteiger partial charge in [-0.15, -0.1) is 0 Å². The first-order valence-electron chi connectivity index (χ1n) is 1.84. The molecule has 3 heteroatoms. The van der Waals surface area contributed by atoms with Crippen molar-refractivity contribution in [1.29, 1.82) is 0 Å². The molecule has 38 valence electrons. The van der Waals surface area contributed by atoms with E-state index in [2.05, 4.69) is 9.47 Å². The van der Waals surface area contributed by atoms with Gasteiger partial charge in [0.2, 0.25) is 6.79 Å². The van der Waals surface area contributed by atoms with E-state index in [1.165, 1.54) is 12.3 Å². The number of hydrogen-bond donors (Lipinski definition) is 0. The van der Waals surface area contributed by atoms with Crippen LogP contribution >= 0.6 is 0 Å². The zero-order valence-corrected chi connectivity index (χ0v) is 3.59. The van der Waals surface area contributed by atoms with Gasteiger partial charge in [-0.2, -0.15) is 0 Å². The van der Waals surface area contributed by atoms with Crippen LogP contribution in [-0.4, -0.2) is 12.8 Å². The molecule has 1 rings (SSSR count). The number of cyclic esters (lactones) is 1. The van der Waals surface area contributed by atoms with Gasteiger partial charge in [-0.25, -0.2) is 4.79 Å². The first kappa shape index (κ1) is 4.18. The molecular weight excluding hydrogens is 96.0 g/mol. The second-order valence-corrected chi connectivity index (χ2v) is 1.05. The average Bonchev–Trinajstić information content (AvgIpc) is 1.69. The molecule has 0 spiro atoms. The van der Waals surface area contributed by atoms with Crippen molar-refractivity contribution in [3.05, 3.63) is 12.3 Å².